The van der Waals surface area contributed by atoms with Gasteiger partial charge in [0.1, 0.15) is 0 Å². The highest BCUT2D eigenvalue weighted by Crippen LogP contribution is 1.69. The fraction of sp³-hybridized carbons (Fsp3) is 1.00. The lowest BCUT2D eigenvalue weighted by atomic mass is 10.3. The second-order valence-corrected chi connectivity index (χ2v) is 4.20. The summed E-state index contributed by atoms with van der Waals surface area (Å²) in [4.78, 5) is 3.37. The van der Waals surface area contributed by atoms with E-state index < -0.39 is 0 Å². The number of hydrogen-bond acceptors (Lipinski definition) is 0. The molecular formula is C9H24N3+3. The van der Waals surface area contributed by atoms with Crippen LogP contribution < -0.4 is 15.1 Å². The molecule has 0 radical (unpaired) electrons. The first kappa shape index (κ1) is 9.96. The first-order valence-corrected chi connectivity index (χ1v) is 5.23. The zero-order valence-corrected chi connectivity index (χ0v) is 8.53. The molecule has 12 heavy (non-hydrogen) atoms. The van der Waals surface area contributed by atoms with Gasteiger partial charge in [0.25, 0.3) is 0 Å². The predicted molar refractivity (Wildman–Crippen MR) is 49.3 cm³/mol. The molecule has 1 aliphatic heterocycles. The highest BCUT2D eigenvalue weighted by Gasteiger charge is 2.14. The van der Waals surface area contributed by atoms with Crippen molar-refractivity contribution in [3.05, 3.63) is 0 Å². The lowest BCUT2D eigenvalue weighted by Gasteiger charge is -2.21. The Balaban J connectivity index is 1.98. The van der Waals surface area contributed by atoms with Crippen molar-refractivity contribution < 1.29 is 15.1 Å². The van der Waals surface area contributed by atoms with E-state index in [4.69, 9.17) is 0 Å². The Kier molecular flexibility index (Phi) is 4.58. The van der Waals surface area contributed by atoms with Crippen molar-refractivity contribution in [3.8, 4) is 0 Å². The van der Waals surface area contributed by atoms with E-state index in [0.29, 0.717) is 0 Å². The third-order valence-electron chi connectivity index (χ3n) is 2.58. The summed E-state index contributed by atoms with van der Waals surface area (Å²) in [6.45, 7) is 6.76. The van der Waals surface area contributed by atoms with Gasteiger partial charge in [-0.15, -0.1) is 0 Å². The average molecular weight is 174 g/mol. The van der Waals surface area contributed by atoms with Crippen LogP contribution in [0, 0.1) is 0 Å². The SMILES string of the molecule is C[NH+](C)CCC[NH+]1CCC[NH2+]C1. The molecule has 1 atom stereocenters. The van der Waals surface area contributed by atoms with Gasteiger partial charge in [-0.3, -0.25) is 10.2 Å². The molecule has 0 aromatic carbocycles. The van der Waals surface area contributed by atoms with E-state index in [1.165, 1.54) is 45.7 Å². The Hall–Kier alpha value is -0.120. The molecule has 72 valence electrons. The largest absolute Gasteiger partial charge is 0.340 e. The number of quaternary nitrogens is 3. The molecule has 1 fully saturated rings. The van der Waals surface area contributed by atoms with Gasteiger partial charge in [0.2, 0.25) is 6.67 Å². The summed E-state index contributed by atoms with van der Waals surface area (Å²) >= 11 is 0. The van der Waals surface area contributed by atoms with Crippen LogP contribution in [0.1, 0.15) is 12.8 Å². The summed E-state index contributed by atoms with van der Waals surface area (Å²) in [5.74, 6) is 0. The number of nitrogens with two attached hydrogens (primary N) is 1. The molecule has 0 spiro atoms. The summed E-state index contributed by atoms with van der Waals surface area (Å²) in [5, 5.41) is 2.45. The van der Waals surface area contributed by atoms with Gasteiger partial charge in [-0.1, -0.05) is 0 Å². The molecule has 0 aromatic heterocycles. The predicted octanol–water partition coefficient (Wildman–Crippen LogP) is -3.67. The molecule has 1 rings (SSSR count). The molecule has 4 N–H and O–H groups in total. The molecular weight excluding hydrogens is 150 g/mol. The van der Waals surface area contributed by atoms with Crippen molar-refractivity contribution in [1.82, 2.24) is 0 Å². The summed E-state index contributed by atoms with van der Waals surface area (Å²) < 4.78 is 0. The molecule has 1 saturated heterocycles. The van der Waals surface area contributed by atoms with Crippen LogP contribution in [0.2, 0.25) is 0 Å². The molecule has 1 aliphatic rings. The number of nitrogens with one attached hydrogen (secondary N) is 2. The Labute approximate surface area is 75.7 Å². The monoisotopic (exact) mass is 174 g/mol. The second-order valence-electron chi connectivity index (χ2n) is 4.20. The number of hydrogen-bond donors (Lipinski definition) is 3. The quantitative estimate of drug-likeness (QED) is 0.392. The molecule has 0 saturated carbocycles. The Bertz CT molecular complexity index is 108. The van der Waals surface area contributed by atoms with Crippen molar-refractivity contribution in [2.24, 2.45) is 0 Å². The van der Waals surface area contributed by atoms with E-state index >= 15 is 0 Å². The van der Waals surface area contributed by atoms with E-state index in [-0.39, 0.29) is 0 Å². The summed E-state index contributed by atoms with van der Waals surface area (Å²) in [6.07, 6.45) is 2.79. The van der Waals surface area contributed by atoms with E-state index in [1.807, 2.05) is 0 Å². The molecule has 0 bridgehead atoms. The van der Waals surface area contributed by atoms with Crippen LogP contribution in [0.3, 0.4) is 0 Å². The van der Waals surface area contributed by atoms with E-state index in [9.17, 15) is 0 Å². The standard InChI is InChI=1S/C9H21N3/c1-11(2)6-4-8-12-7-3-5-10-9-12/h10H,3-9H2,1-2H3/p+3. The summed E-state index contributed by atoms with van der Waals surface area (Å²) in [7, 11) is 4.47. The Morgan fingerprint density at radius 1 is 1.42 bits per heavy atom. The van der Waals surface area contributed by atoms with E-state index in [0.717, 1.165) is 0 Å². The first-order valence-electron chi connectivity index (χ1n) is 5.23. The van der Waals surface area contributed by atoms with Crippen LogP contribution in [0.15, 0.2) is 0 Å². The minimum absolute atomic E-state index is 1.31. The second kappa shape index (κ2) is 5.51. The van der Waals surface area contributed by atoms with Crippen molar-refractivity contribution in [3.63, 3.8) is 0 Å². The van der Waals surface area contributed by atoms with Crippen molar-refractivity contribution in [1.29, 1.82) is 0 Å². The van der Waals surface area contributed by atoms with E-state index in [2.05, 4.69) is 19.4 Å². The Morgan fingerprint density at radius 3 is 2.83 bits per heavy atom. The van der Waals surface area contributed by atoms with Crippen molar-refractivity contribution >= 4 is 0 Å². The average Bonchev–Trinajstić information content (AvgIpc) is 2.05. The maximum Gasteiger partial charge on any atom is 0.202 e. The number of rotatable bonds is 4. The lowest BCUT2D eigenvalue weighted by molar-refractivity contribution is -1.02. The minimum atomic E-state index is 1.31. The molecule has 1 unspecified atom stereocenters. The molecule has 3 heteroatoms. The van der Waals surface area contributed by atoms with Gasteiger partial charge in [0, 0.05) is 12.8 Å². The maximum atomic E-state index is 2.45. The first-order chi connectivity index (χ1) is 5.79. The maximum absolute atomic E-state index is 2.45. The van der Waals surface area contributed by atoms with Crippen LogP contribution in [-0.4, -0.2) is 46.9 Å². The smallest absolute Gasteiger partial charge is 0.202 e. The fourth-order valence-corrected chi connectivity index (χ4v) is 1.82. The van der Waals surface area contributed by atoms with Crippen LogP contribution in [-0.2, 0) is 0 Å². The van der Waals surface area contributed by atoms with Crippen molar-refractivity contribution in [2.45, 2.75) is 12.8 Å². The molecule has 3 nitrogen and oxygen atoms in total. The summed E-state index contributed by atoms with van der Waals surface area (Å²) in [5.41, 5.74) is 0. The van der Waals surface area contributed by atoms with Gasteiger partial charge in [0.05, 0.1) is 40.3 Å². The van der Waals surface area contributed by atoms with Gasteiger partial charge in [-0.05, 0) is 0 Å². The minimum Gasteiger partial charge on any atom is -0.340 e. The van der Waals surface area contributed by atoms with Gasteiger partial charge >= 0.3 is 0 Å². The van der Waals surface area contributed by atoms with Gasteiger partial charge in [0.15, 0.2) is 0 Å². The lowest BCUT2D eigenvalue weighted by Crippen LogP contribution is -3.25. The van der Waals surface area contributed by atoms with Crippen LogP contribution in [0.5, 0.6) is 0 Å². The normalized spacial score (nSPS) is 24.8. The molecule has 0 aromatic rings. The zero-order chi connectivity index (χ0) is 8.81. The highest BCUT2D eigenvalue weighted by molar-refractivity contribution is 4.34. The molecule has 0 aliphatic carbocycles. The van der Waals surface area contributed by atoms with Gasteiger partial charge in [-0.25, -0.2) is 0 Å². The van der Waals surface area contributed by atoms with E-state index in [1.54, 1.807) is 9.80 Å². The van der Waals surface area contributed by atoms with Gasteiger partial charge < -0.3 is 4.90 Å². The topological polar surface area (TPSA) is 25.5 Å². The molecule has 1 heterocycles. The zero-order valence-electron chi connectivity index (χ0n) is 8.53. The fourth-order valence-electron chi connectivity index (χ4n) is 1.82. The van der Waals surface area contributed by atoms with Crippen LogP contribution in [0.4, 0.5) is 0 Å². The van der Waals surface area contributed by atoms with Crippen LogP contribution in [0.25, 0.3) is 0 Å². The summed E-state index contributed by atoms with van der Waals surface area (Å²) in [6, 6.07) is 0. The Morgan fingerprint density at radius 2 is 2.25 bits per heavy atom. The van der Waals surface area contributed by atoms with Crippen LogP contribution >= 0.6 is 0 Å². The third-order valence-corrected chi connectivity index (χ3v) is 2.58. The highest BCUT2D eigenvalue weighted by atomic mass is 15.2. The third kappa shape index (κ3) is 4.04. The molecule has 0 amide bonds. The van der Waals surface area contributed by atoms with Crippen molar-refractivity contribution in [2.75, 3.05) is 46.9 Å². The van der Waals surface area contributed by atoms with Gasteiger partial charge in [-0.2, -0.15) is 0 Å².